The molecule has 2 aromatic rings. The van der Waals surface area contributed by atoms with Gasteiger partial charge in [0.25, 0.3) is 0 Å². The highest BCUT2D eigenvalue weighted by atomic mass is 35.5. The van der Waals surface area contributed by atoms with Gasteiger partial charge in [-0.2, -0.15) is 0 Å². The number of carbonyl (C=O) groups excluding carboxylic acids is 1. The minimum absolute atomic E-state index is 0.412. The van der Waals surface area contributed by atoms with E-state index in [-0.39, 0.29) is 0 Å². The van der Waals surface area contributed by atoms with E-state index < -0.39 is 0 Å². The van der Waals surface area contributed by atoms with Crippen LogP contribution in [0, 0.1) is 0 Å². The molecule has 102 valence electrons. The number of halogens is 1. The predicted octanol–water partition coefficient (Wildman–Crippen LogP) is 4.22. The van der Waals surface area contributed by atoms with Crippen LogP contribution in [0.15, 0.2) is 36.4 Å². The van der Waals surface area contributed by atoms with E-state index in [1.165, 1.54) is 24.0 Å². The Morgan fingerprint density at radius 1 is 1.15 bits per heavy atom. The molecule has 0 heterocycles. The lowest BCUT2D eigenvalue weighted by atomic mass is 10.1. The highest BCUT2D eigenvalue weighted by Gasteiger charge is 2.12. The van der Waals surface area contributed by atoms with Gasteiger partial charge in [-0.05, 0) is 48.1 Å². The number of hydrogen-bond acceptors (Lipinski definition) is 2. The standard InChI is InChI=1S/C17H15ClO2/c18-16-5-2-6-17(15(16)10-19)20-11-12-7-8-13-3-1-4-14(13)9-12/h2,5-10H,1,3-4,11H2. The van der Waals surface area contributed by atoms with Gasteiger partial charge in [-0.15, -0.1) is 0 Å². The molecule has 20 heavy (non-hydrogen) atoms. The van der Waals surface area contributed by atoms with Gasteiger partial charge in [0.2, 0.25) is 0 Å². The molecule has 0 N–H and O–H groups in total. The molecule has 3 heteroatoms. The van der Waals surface area contributed by atoms with Crippen molar-refractivity contribution < 1.29 is 9.53 Å². The first-order valence-corrected chi connectivity index (χ1v) is 7.13. The van der Waals surface area contributed by atoms with Crippen molar-refractivity contribution >= 4 is 17.9 Å². The number of fused-ring (bicyclic) bond motifs is 1. The molecule has 2 nitrogen and oxygen atoms in total. The van der Waals surface area contributed by atoms with Crippen LogP contribution in [0.2, 0.25) is 5.02 Å². The normalized spacial score (nSPS) is 13.1. The third-order valence-electron chi connectivity index (χ3n) is 3.69. The van der Waals surface area contributed by atoms with E-state index in [1.54, 1.807) is 18.2 Å². The third-order valence-corrected chi connectivity index (χ3v) is 4.02. The zero-order chi connectivity index (χ0) is 13.9. The average Bonchev–Trinajstić information content (AvgIpc) is 2.92. The summed E-state index contributed by atoms with van der Waals surface area (Å²) < 4.78 is 5.74. The lowest BCUT2D eigenvalue weighted by Crippen LogP contribution is -1.99. The fraction of sp³-hybridized carbons (Fsp3) is 0.235. The van der Waals surface area contributed by atoms with E-state index in [2.05, 4.69) is 18.2 Å². The smallest absolute Gasteiger partial charge is 0.155 e. The van der Waals surface area contributed by atoms with Crippen LogP contribution in [0.4, 0.5) is 0 Å². The molecule has 0 unspecified atom stereocenters. The lowest BCUT2D eigenvalue weighted by molar-refractivity contribution is 0.111. The zero-order valence-corrected chi connectivity index (χ0v) is 11.8. The fourth-order valence-corrected chi connectivity index (χ4v) is 2.84. The molecule has 0 aromatic heterocycles. The van der Waals surface area contributed by atoms with Crippen molar-refractivity contribution in [2.45, 2.75) is 25.9 Å². The number of ether oxygens (including phenoxy) is 1. The summed E-state index contributed by atoms with van der Waals surface area (Å²) in [4.78, 5) is 11.0. The Morgan fingerprint density at radius 2 is 2.00 bits per heavy atom. The summed E-state index contributed by atoms with van der Waals surface area (Å²) in [6, 6.07) is 11.7. The molecular weight excluding hydrogens is 272 g/mol. The largest absolute Gasteiger partial charge is 0.488 e. The molecular formula is C17H15ClO2. The second-order valence-corrected chi connectivity index (χ2v) is 5.42. The second-order valence-electron chi connectivity index (χ2n) is 5.01. The molecule has 0 fully saturated rings. The fourth-order valence-electron chi connectivity index (χ4n) is 2.63. The molecule has 0 saturated carbocycles. The summed E-state index contributed by atoms with van der Waals surface area (Å²) in [6.07, 6.45) is 4.31. The maximum atomic E-state index is 11.0. The van der Waals surface area contributed by atoms with E-state index in [4.69, 9.17) is 16.3 Å². The van der Waals surface area contributed by atoms with Crippen LogP contribution in [-0.2, 0) is 19.4 Å². The topological polar surface area (TPSA) is 26.3 Å². The van der Waals surface area contributed by atoms with Crippen molar-refractivity contribution in [2.75, 3.05) is 0 Å². The molecule has 0 spiro atoms. The maximum Gasteiger partial charge on any atom is 0.155 e. The van der Waals surface area contributed by atoms with Crippen LogP contribution in [-0.4, -0.2) is 6.29 Å². The van der Waals surface area contributed by atoms with Crippen molar-refractivity contribution in [1.82, 2.24) is 0 Å². The van der Waals surface area contributed by atoms with Gasteiger partial charge in [0.05, 0.1) is 10.6 Å². The molecule has 1 aliphatic carbocycles. The van der Waals surface area contributed by atoms with Crippen molar-refractivity contribution in [2.24, 2.45) is 0 Å². The monoisotopic (exact) mass is 286 g/mol. The van der Waals surface area contributed by atoms with Crippen LogP contribution >= 0.6 is 11.6 Å². The van der Waals surface area contributed by atoms with Crippen molar-refractivity contribution in [3.8, 4) is 5.75 Å². The van der Waals surface area contributed by atoms with Gasteiger partial charge in [-0.1, -0.05) is 35.9 Å². The summed E-state index contributed by atoms with van der Waals surface area (Å²) in [7, 11) is 0. The summed E-state index contributed by atoms with van der Waals surface area (Å²) in [5, 5.41) is 0.423. The summed E-state index contributed by atoms with van der Waals surface area (Å²) in [6.45, 7) is 0.453. The summed E-state index contributed by atoms with van der Waals surface area (Å²) >= 11 is 5.98. The first-order valence-electron chi connectivity index (χ1n) is 6.75. The Balaban J connectivity index is 1.77. The third kappa shape index (κ3) is 2.56. The maximum absolute atomic E-state index is 11.0. The van der Waals surface area contributed by atoms with Crippen LogP contribution in [0.5, 0.6) is 5.75 Å². The second kappa shape index (κ2) is 5.68. The van der Waals surface area contributed by atoms with E-state index in [1.807, 2.05) is 0 Å². The quantitative estimate of drug-likeness (QED) is 0.787. The molecule has 3 rings (SSSR count). The number of aldehydes is 1. The minimum atomic E-state index is 0.412. The SMILES string of the molecule is O=Cc1c(Cl)cccc1OCc1ccc2c(c1)CCC2. The molecule has 0 atom stereocenters. The average molecular weight is 287 g/mol. The van der Waals surface area contributed by atoms with Gasteiger partial charge >= 0.3 is 0 Å². The lowest BCUT2D eigenvalue weighted by Gasteiger charge is -2.10. The number of hydrogen-bond donors (Lipinski definition) is 0. The van der Waals surface area contributed by atoms with E-state index in [9.17, 15) is 4.79 Å². The summed E-state index contributed by atoms with van der Waals surface area (Å²) in [5.74, 6) is 0.535. The van der Waals surface area contributed by atoms with Gasteiger partial charge in [-0.3, -0.25) is 4.79 Å². The molecule has 0 saturated heterocycles. The first kappa shape index (κ1) is 13.2. The van der Waals surface area contributed by atoms with Crippen molar-refractivity contribution in [3.63, 3.8) is 0 Å². The van der Waals surface area contributed by atoms with Gasteiger partial charge in [0.1, 0.15) is 12.4 Å². The number of rotatable bonds is 4. The van der Waals surface area contributed by atoms with E-state index in [0.717, 1.165) is 18.3 Å². The first-order chi connectivity index (χ1) is 9.78. The minimum Gasteiger partial charge on any atom is -0.488 e. The Labute approximate surface area is 123 Å². The molecule has 0 amide bonds. The zero-order valence-electron chi connectivity index (χ0n) is 11.1. The Hall–Kier alpha value is -1.80. The molecule has 0 bridgehead atoms. The highest BCUT2D eigenvalue weighted by Crippen LogP contribution is 2.26. The predicted molar refractivity (Wildman–Crippen MR) is 79.6 cm³/mol. The van der Waals surface area contributed by atoms with Crippen molar-refractivity contribution in [3.05, 3.63) is 63.7 Å². The van der Waals surface area contributed by atoms with Crippen LogP contribution in [0.25, 0.3) is 0 Å². The molecule has 0 aliphatic heterocycles. The van der Waals surface area contributed by atoms with Crippen LogP contribution < -0.4 is 4.74 Å². The van der Waals surface area contributed by atoms with E-state index >= 15 is 0 Å². The van der Waals surface area contributed by atoms with Crippen molar-refractivity contribution in [1.29, 1.82) is 0 Å². The van der Waals surface area contributed by atoms with Crippen LogP contribution in [0.1, 0.15) is 33.5 Å². The number of benzene rings is 2. The van der Waals surface area contributed by atoms with Gasteiger partial charge in [0, 0.05) is 0 Å². The number of carbonyl (C=O) groups is 1. The number of aryl methyl sites for hydroxylation is 2. The van der Waals surface area contributed by atoms with Gasteiger partial charge < -0.3 is 4.74 Å². The van der Waals surface area contributed by atoms with Crippen LogP contribution in [0.3, 0.4) is 0 Å². The van der Waals surface area contributed by atoms with Gasteiger partial charge in [0.15, 0.2) is 6.29 Å². The Kier molecular flexibility index (Phi) is 3.75. The molecule has 2 aromatic carbocycles. The highest BCUT2D eigenvalue weighted by molar-refractivity contribution is 6.33. The molecule has 1 aliphatic rings. The Bertz CT molecular complexity index is 649. The summed E-state index contributed by atoms with van der Waals surface area (Å²) in [5.41, 5.74) is 4.41. The van der Waals surface area contributed by atoms with E-state index in [0.29, 0.717) is 22.9 Å². The molecule has 0 radical (unpaired) electrons. The van der Waals surface area contributed by atoms with Gasteiger partial charge in [-0.25, -0.2) is 0 Å². The Morgan fingerprint density at radius 3 is 2.85 bits per heavy atom.